The summed E-state index contributed by atoms with van der Waals surface area (Å²) in [4.78, 5) is 23.4. The van der Waals surface area contributed by atoms with Crippen molar-refractivity contribution in [2.75, 3.05) is 13.3 Å². The lowest BCUT2D eigenvalue weighted by molar-refractivity contribution is -0.149. The highest BCUT2D eigenvalue weighted by molar-refractivity contribution is 5.77. The number of hydrogen-bond acceptors (Lipinski definition) is 5. The van der Waals surface area contributed by atoms with Crippen LogP contribution in [0.15, 0.2) is 18.2 Å². The molecule has 0 spiro atoms. The quantitative estimate of drug-likeness (QED) is 0.544. The van der Waals surface area contributed by atoms with Gasteiger partial charge in [-0.2, -0.15) is 0 Å². The van der Waals surface area contributed by atoms with Crippen molar-refractivity contribution in [2.45, 2.75) is 65.4 Å². The Hall–Kier alpha value is -2.24. The maximum absolute atomic E-state index is 11.8. The lowest BCUT2D eigenvalue weighted by Gasteiger charge is -2.19. The van der Waals surface area contributed by atoms with Gasteiger partial charge >= 0.3 is 12.1 Å². The summed E-state index contributed by atoms with van der Waals surface area (Å²) in [5.74, 6) is 1.28. The van der Waals surface area contributed by atoms with Gasteiger partial charge in [-0.25, -0.2) is 4.79 Å². The van der Waals surface area contributed by atoms with Gasteiger partial charge in [-0.3, -0.25) is 4.79 Å². The Labute approximate surface area is 161 Å². The third-order valence-corrected chi connectivity index (χ3v) is 4.15. The van der Waals surface area contributed by atoms with Gasteiger partial charge in [0.1, 0.15) is 17.9 Å². The molecule has 1 amide bonds. The minimum Gasteiger partial charge on any atom is -0.457 e. The number of carbonyl (C=O) groups excluding carboxylic acids is 2. The molecule has 0 saturated heterocycles. The molecule has 150 valence electrons. The van der Waals surface area contributed by atoms with Crippen molar-refractivity contribution in [1.29, 1.82) is 0 Å². The largest absolute Gasteiger partial charge is 0.457 e. The molecule has 6 heteroatoms. The van der Waals surface area contributed by atoms with E-state index in [0.29, 0.717) is 5.92 Å². The summed E-state index contributed by atoms with van der Waals surface area (Å²) in [5.41, 5.74) is 1.65. The second-order valence-electron chi connectivity index (χ2n) is 8.27. The number of amides is 1. The number of carbonyl (C=O) groups is 2. The molecule has 1 fully saturated rings. The zero-order chi connectivity index (χ0) is 20.0. The molecular formula is C21H31NO5. The molecule has 2 rings (SSSR count). The molecule has 0 heterocycles. The van der Waals surface area contributed by atoms with Crippen LogP contribution in [-0.2, 0) is 20.7 Å². The van der Waals surface area contributed by atoms with Crippen LogP contribution >= 0.6 is 0 Å². The summed E-state index contributed by atoms with van der Waals surface area (Å²) >= 11 is 0. The molecule has 0 radical (unpaired) electrons. The molecule has 27 heavy (non-hydrogen) atoms. The van der Waals surface area contributed by atoms with Crippen molar-refractivity contribution in [3.63, 3.8) is 0 Å². The van der Waals surface area contributed by atoms with Crippen molar-refractivity contribution in [3.8, 4) is 5.75 Å². The van der Waals surface area contributed by atoms with Gasteiger partial charge in [-0.05, 0) is 63.0 Å². The van der Waals surface area contributed by atoms with Crippen molar-refractivity contribution >= 4 is 12.1 Å². The molecule has 1 aromatic carbocycles. The molecule has 1 aliphatic carbocycles. The Balaban J connectivity index is 1.85. The maximum Gasteiger partial charge on any atom is 0.408 e. The normalized spacial score (nSPS) is 14.0. The predicted octanol–water partition coefficient (Wildman–Crippen LogP) is 4.17. The minimum atomic E-state index is -0.655. The Morgan fingerprint density at radius 1 is 1.22 bits per heavy atom. The first-order valence-corrected chi connectivity index (χ1v) is 9.52. The second-order valence-corrected chi connectivity index (χ2v) is 8.27. The Bertz CT molecular complexity index is 659. The van der Waals surface area contributed by atoms with Gasteiger partial charge in [0.2, 0.25) is 6.79 Å². The summed E-state index contributed by atoms with van der Waals surface area (Å²) in [6, 6.07) is 6.17. The molecule has 0 atom stereocenters. The van der Waals surface area contributed by atoms with Crippen molar-refractivity contribution in [3.05, 3.63) is 29.3 Å². The van der Waals surface area contributed by atoms with Crippen molar-refractivity contribution in [2.24, 2.45) is 5.92 Å². The highest BCUT2D eigenvalue weighted by atomic mass is 16.7. The van der Waals surface area contributed by atoms with Crippen molar-refractivity contribution in [1.82, 2.24) is 5.32 Å². The van der Waals surface area contributed by atoms with E-state index in [1.165, 1.54) is 12.8 Å². The average molecular weight is 377 g/mol. The molecular weight excluding hydrogens is 346 g/mol. The fraction of sp³-hybridized carbons (Fsp3) is 0.619. The summed E-state index contributed by atoms with van der Waals surface area (Å²) in [6.07, 6.45) is 2.86. The van der Waals surface area contributed by atoms with Crippen LogP contribution in [0.3, 0.4) is 0 Å². The van der Waals surface area contributed by atoms with Gasteiger partial charge in [0, 0.05) is 0 Å². The van der Waals surface area contributed by atoms with E-state index in [4.69, 9.17) is 14.2 Å². The molecule has 1 aliphatic rings. The molecule has 6 nitrogen and oxygen atoms in total. The third kappa shape index (κ3) is 7.49. The average Bonchev–Trinajstić information content (AvgIpc) is 3.36. The van der Waals surface area contributed by atoms with E-state index in [0.717, 1.165) is 29.2 Å². The summed E-state index contributed by atoms with van der Waals surface area (Å²) < 4.78 is 16.0. The fourth-order valence-electron chi connectivity index (χ4n) is 2.69. The van der Waals surface area contributed by atoms with Gasteiger partial charge in [0.05, 0.1) is 0 Å². The number of rotatable bonds is 8. The van der Waals surface area contributed by atoms with E-state index < -0.39 is 17.7 Å². The van der Waals surface area contributed by atoms with Gasteiger partial charge in [-0.15, -0.1) is 0 Å². The Morgan fingerprint density at radius 2 is 1.93 bits per heavy atom. The van der Waals surface area contributed by atoms with Crippen LogP contribution in [0.2, 0.25) is 0 Å². The number of alkyl carbamates (subject to hydrolysis) is 1. The predicted molar refractivity (Wildman–Crippen MR) is 103 cm³/mol. The van der Waals surface area contributed by atoms with E-state index in [2.05, 4.69) is 31.3 Å². The van der Waals surface area contributed by atoms with Gasteiger partial charge in [0.15, 0.2) is 0 Å². The number of hydrogen-bond donors (Lipinski definition) is 1. The molecule has 0 aromatic heterocycles. The van der Waals surface area contributed by atoms with Crippen LogP contribution in [-0.4, -0.2) is 31.0 Å². The van der Waals surface area contributed by atoms with Crippen LogP contribution in [0.1, 0.15) is 64.5 Å². The lowest BCUT2D eigenvalue weighted by atomic mass is 9.97. The van der Waals surface area contributed by atoms with Gasteiger partial charge in [0.25, 0.3) is 0 Å². The zero-order valence-electron chi connectivity index (χ0n) is 17.0. The van der Waals surface area contributed by atoms with Crippen molar-refractivity contribution < 1.29 is 23.8 Å². The Morgan fingerprint density at radius 3 is 2.52 bits per heavy atom. The van der Waals surface area contributed by atoms with Crippen LogP contribution in [0.4, 0.5) is 4.79 Å². The number of para-hydroxylation sites is 1. The smallest absolute Gasteiger partial charge is 0.408 e. The number of nitrogens with one attached hydrogen (secondary N) is 1. The first-order chi connectivity index (χ1) is 12.7. The van der Waals surface area contributed by atoms with E-state index in [9.17, 15) is 9.59 Å². The van der Waals surface area contributed by atoms with Crippen LogP contribution in [0.5, 0.6) is 5.75 Å². The van der Waals surface area contributed by atoms with E-state index in [-0.39, 0.29) is 13.3 Å². The molecule has 1 aromatic rings. The molecule has 1 N–H and O–H groups in total. The van der Waals surface area contributed by atoms with Gasteiger partial charge in [-0.1, -0.05) is 32.0 Å². The number of benzene rings is 1. The third-order valence-electron chi connectivity index (χ3n) is 4.15. The monoisotopic (exact) mass is 377 g/mol. The molecule has 0 aliphatic heterocycles. The first kappa shape index (κ1) is 21.1. The van der Waals surface area contributed by atoms with Crippen LogP contribution in [0, 0.1) is 5.92 Å². The van der Waals surface area contributed by atoms with E-state index in [1.54, 1.807) is 20.8 Å². The summed E-state index contributed by atoms with van der Waals surface area (Å²) in [7, 11) is 0. The SMILES string of the molecule is CC(C)c1cccc(CC2CC2)c1OCOC(=O)CNC(=O)OC(C)(C)C. The molecule has 0 unspecified atom stereocenters. The highest BCUT2D eigenvalue weighted by Gasteiger charge is 2.24. The zero-order valence-corrected chi connectivity index (χ0v) is 17.0. The maximum atomic E-state index is 11.8. The standard InChI is InChI=1S/C21H31NO5/c1-14(2)17-8-6-7-16(11-15-9-10-15)19(17)26-13-25-18(23)12-22-20(24)27-21(3,4)5/h6-8,14-15H,9-13H2,1-5H3,(H,22,24). The summed E-state index contributed by atoms with van der Waals surface area (Å²) in [5, 5.41) is 2.37. The number of esters is 1. The second kappa shape index (κ2) is 9.11. The first-order valence-electron chi connectivity index (χ1n) is 9.52. The minimum absolute atomic E-state index is 0.184. The van der Waals surface area contributed by atoms with E-state index in [1.807, 2.05) is 6.07 Å². The summed E-state index contributed by atoms with van der Waals surface area (Å²) in [6.45, 7) is 9.04. The lowest BCUT2D eigenvalue weighted by Crippen LogP contribution is -2.36. The molecule has 0 bridgehead atoms. The Kier molecular flexibility index (Phi) is 7.11. The van der Waals surface area contributed by atoms with Crippen LogP contribution < -0.4 is 10.1 Å². The highest BCUT2D eigenvalue weighted by Crippen LogP contribution is 2.38. The topological polar surface area (TPSA) is 73.9 Å². The fourth-order valence-corrected chi connectivity index (χ4v) is 2.69. The number of ether oxygens (including phenoxy) is 3. The van der Waals surface area contributed by atoms with Crippen LogP contribution in [0.25, 0.3) is 0 Å². The molecule has 1 saturated carbocycles. The van der Waals surface area contributed by atoms with E-state index >= 15 is 0 Å². The van der Waals surface area contributed by atoms with Gasteiger partial charge < -0.3 is 19.5 Å².